The maximum Gasteiger partial charge on any atom is 0.345 e. The second-order valence-corrected chi connectivity index (χ2v) is 9.60. The number of carboxylic acid groups (broad SMARTS) is 1. The zero-order valence-corrected chi connectivity index (χ0v) is 20.2. The Kier molecular flexibility index (Phi) is 6.50. The highest BCUT2D eigenvalue weighted by atomic mass is 35.5. The summed E-state index contributed by atoms with van der Waals surface area (Å²) in [4.78, 5) is 29.0. The van der Waals surface area contributed by atoms with Gasteiger partial charge in [0, 0.05) is 54.9 Å². The molecule has 9 heteroatoms. The third-order valence-electron chi connectivity index (χ3n) is 7.54. The van der Waals surface area contributed by atoms with Gasteiger partial charge in [0.15, 0.2) is 5.56 Å². The molecule has 2 aromatic heterocycles. The van der Waals surface area contributed by atoms with Crippen molar-refractivity contribution in [3.05, 3.63) is 51.4 Å². The number of carbonyl (C=O) groups is 1. The lowest BCUT2D eigenvalue weighted by molar-refractivity contribution is 0.0691. The molecule has 1 saturated heterocycles. The number of likely N-dealkylation sites (tertiary alicyclic amines) is 1. The van der Waals surface area contributed by atoms with Crippen molar-refractivity contribution < 1.29 is 15.0 Å². The Morgan fingerprint density at radius 3 is 2.50 bits per heavy atom. The number of aryl methyl sites for hydroxylation is 1. The first-order valence-electron chi connectivity index (χ1n) is 11.5. The summed E-state index contributed by atoms with van der Waals surface area (Å²) in [6, 6.07) is 8.43. The number of nitrogens with zero attached hydrogens (tertiary/aromatic N) is 2. The summed E-state index contributed by atoms with van der Waals surface area (Å²) in [5, 5.41) is 20.8. The quantitative estimate of drug-likeness (QED) is 0.439. The van der Waals surface area contributed by atoms with Crippen LogP contribution in [0.5, 0.6) is 5.75 Å². The summed E-state index contributed by atoms with van der Waals surface area (Å²) in [5.41, 5.74) is 8.64. The van der Waals surface area contributed by atoms with Gasteiger partial charge >= 0.3 is 5.97 Å². The number of hydrogen-bond acceptors (Lipinski definition) is 5. The van der Waals surface area contributed by atoms with Gasteiger partial charge in [-0.1, -0.05) is 13.0 Å². The maximum atomic E-state index is 12.3. The highest BCUT2D eigenvalue weighted by Gasteiger charge is 2.39. The van der Waals surface area contributed by atoms with Crippen LogP contribution in [0.2, 0.25) is 0 Å². The number of aromatic nitrogens is 2. The van der Waals surface area contributed by atoms with Crippen molar-refractivity contribution in [2.24, 2.45) is 24.6 Å². The molecule has 3 atom stereocenters. The number of aromatic carboxylic acids is 1. The smallest absolute Gasteiger partial charge is 0.345 e. The van der Waals surface area contributed by atoms with Crippen LogP contribution < -0.4 is 11.3 Å². The van der Waals surface area contributed by atoms with Gasteiger partial charge in [0.05, 0.1) is 5.69 Å². The van der Waals surface area contributed by atoms with Crippen LogP contribution in [0.4, 0.5) is 0 Å². The van der Waals surface area contributed by atoms with E-state index in [2.05, 4.69) is 27.6 Å². The predicted octanol–water partition coefficient (Wildman–Crippen LogP) is 3.09. The average Bonchev–Trinajstić information content (AvgIpc) is 3.38. The molecule has 5 N–H and O–H groups in total. The molecule has 182 valence electrons. The molecule has 8 nitrogen and oxygen atoms in total. The van der Waals surface area contributed by atoms with Crippen molar-refractivity contribution in [2.45, 2.75) is 38.8 Å². The molecule has 34 heavy (non-hydrogen) atoms. The number of nitrogens with two attached hydrogens (primary N) is 1. The second-order valence-electron chi connectivity index (χ2n) is 9.60. The monoisotopic (exact) mass is 486 g/mol. The lowest BCUT2D eigenvalue weighted by Gasteiger charge is -2.18. The fourth-order valence-electron chi connectivity index (χ4n) is 5.93. The van der Waals surface area contributed by atoms with E-state index >= 15 is 0 Å². The molecule has 0 bridgehead atoms. The predicted molar refractivity (Wildman–Crippen MR) is 134 cm³/mol. The molecule has 1 saturated carbocycles. The number of fused-ring (bicyclic) bond motifs is 2. The van der Waals surface area contributed by atoms with E-state index in [1.807, 2.05) is 25.1 Å². The van der Waals surface area contributed by atoms with E-state index in [0.717, 1.165) is 48.9 Å². The molecule has 3 heterocycles. The van der Waals surface area contributed by atoms with E-state index in [1.165, 1.54) is 5.69 Å². The van der Waals surface area contributed by atoms with Crippen LogP contribution in [-0.4, -0.2) is 49.8 Å². The fraction of sp³-hybridized carbons (Fsp3) is 0.440. The molecule has 0 unspecified atom stereocenters. The highest BCUT2D eigenvalue weighted by Crippen LogP contribution is 2.38. The first-order valence-corrected chi connectivity index (χ1v) is 11.5. The fourth-order valence-corrected chi connectivity index (χ4v) is 5.93. The zero-order chi connectivity index (χ0) is 23.4. The summed E-state index contributed by atoms with van der Waals surface area (Å²) >= 11 is 0. The summed E-state index contributed by atoms with van der Waals surface area (Å²) in [6.45, 7) is 4.90. The lowest BCUT2D eigenvalue weighted by Crippen LogP contribution is -2.25. The lowest BCUT2D eigenvalue weighted by atomic mass is 9.99. The van der Waals surface area contributed by atoms with Gasteiger partial charge in [-0.05, 0) is 54.9 Å². The molecule has 5 rings (SSSR count). The van der Waals surface area contributed by atoms with Crippen molar-refractivity contribution in [2.75, 3.05) is 13.1 Å². The largest absolute Gasteiger partial charge is 0.506 e. The molecule has 0 spiro atoms. The first kappa shape index (κ1) is 24.3. The molecule has 3 aromatic rings. The minimum Gasteiger partial charge on any atom is -0.506 e. The van der Waals surface area contributed by atoms with Crippen molar-refractivity contribution in [1.82, 2.24) is 14.5 Å². The van der Waals surface area contributed by atoms with Crippen LogP contribution in [0.1, 0.15) is 41.4 Å². The number of aromatic hydroxyl groups is 1. The number of H-pyrrole nitrogens is 1. The van der Waals surface area contributed by atoms with Crippen molar-refractivity contribution in [3.63, 3.8) is 0 Å². The molecule has 0 amide bonds. The molecule has 1 aliphatic heterocycles. The average molecular weight is 487 g/mol. The van der Waals surface area contributed by atoms with E-state index in [-0.39, 0.29) is 12.4 Å². The molecular formula is C25H31ClN4O4. The van der Waals surface area contributed by atoms with Crippen molar-refractivity contribution in [3.8, 4) is 17.0 Å². The number of rotatable bonds is 5. The maximum absolute atomic E-state index is 12.3. The van der Waals surface area contributed by atoms with Crippen molar-refractivity contribution >= 4 is 29.3 Å². The van der Waals surface area contributed by atoms with Gasteiger partial charge in [0.1, 0.15) is 5.75 Å². The number of aromatic amines is 1. The standard InChI is InChI=1S/C25H30N4O4.ClH/c1-3-19-22(27-24(31)21(23(19)30)25(32)33)13-4-5-20-14(6-13)9-18(28(20)2)12-29-10-15-7-17(26)8-16(15)11-29;/h4-6,9,15-17H,3,7-8,10-12,26H2,1-2H3,(H,32,33)(H2,27,30,31);1H/t15-,16+,17+;. The van der Waals surface area contributed by atoms with E-state index in [0.29, 0.717) is 35.6 Å². The number of halogens is 1. The van der Waals surface area contributed by atoms with Gasteiger partial charge < -0.3 is 25.5 Å². The van der Waals surface area contributed by atoms with E-state index < -0.39 is 22.8 Å². The molecule has 2 fully saturated rings. The number of benzene rings is 1. The Morgan fingerprint density at radius 1 is 1.21 bits per heavy atom. The number of hydrogen-bond donors (Lipinski definition) is 4. The van der Waals surface area contributed by atoms with Gasteiger partial charge in [-0.3, -0.25) is 9.69 Å². The van der Waals surface area contributed by atoms with Gasteiger partial charge in [-0.25, -0.2) is 4.79 Å². The van der Waals surface area contributed by atoms with Crippen LogP contribution in [0.3, 0.4) is 0 Å². The highest BCUT2D eigenvalue weighted by molar-refractivity contribution is 5.92. The Morgan fingerprint density at radius 2 is 1.88 bits per heavy atom. The van der Waals surface area contributed by atoms with Crippen LogP contribution >= 0.6 is 12.4 Å². The Balaban J connectivity index is 0.00000274. The van der Waals surface area contributed by atoms with Crippen LogP contribution in [0.15, 0.2) is 29.1 Å². The van der Waals surface area contributed by atoms with E-state index in [9.17, 15) is 19.8 Å². The molecule has 2 aliphatic rings. The first-order chi connectivity index (χ1) is 15.8. The molecule has 1 aromatic carbocycles. The van der Waals surface area contributed by atoms with Gasteiger partial charge in [0.25, 0.3) is 5.56 Å². The topological polar surface area (TPSA) is 125 Å². The number of nitrogens with one attached hydrogen (secondary N) is 1. The van der Waals surface area contributed by atoms with Crippen molar-refractivity contribution in [1.29, 1.82) is 0 Å². The van der Waals surface area contributed by atoms with E-state index in [1.54, 1.807) is 0 Å². The number of carboxylic acids is 1. The third-order valence-corrected chi connectivity index (χ3v) is 7.54. The Bertz CT molecular complexity index is 1300. The normalized spacial score (nSPS) is 22.1. The molecular weight excluding hydrogens is 456 g/mol. The molecule has 1 aliphatic carbocycles. The van der Waals surface area contributed by atoms with E-state index in [4.69, 9.17) is 5.73 Å². The summed E-state index contributed by atoms with van der Waals surface area (Å²) in [7, 11) is 2.07. The summed E-state index contributed by atoms with van der Waals surface area (Å²) in [5.74, 6) is -0.470. The minimum absolute atomic E-state index is 0. The van der Waals surface area contributed by atoms with Crippen LogP contribution in [0, 0.1) is 11.8 Å². The SMILES string of the molecule is CCc1c(-c2ccc3c(c2)cc(CN2C[C@H]4C[C@H](N)C[C@H]4C2)n3C)[nH]c(=O)c(C(=O)O)c1O.Cl. The van der Waals surface area contributed by atoms with Crippen LogP contribution in [0.25, 0.3) is 22.2 Å². The summed E-state index contributed by atoms with van der Waals surface area (Å²) in [6.07, 6.45) is 2.65. The zero-order valence-electron chi connectivity index (χ0n) is 19.4. The minimum atomic E-state index is -1.44. The van der Waals surface area contributed by atoms with Gasteiger partial charge in [-0.15, -0.1) is 12.4 Å². The van der Waals surface area contributed by atoms with Crippen LogP contribution in [-0.2, 0) is 20.0 Å². The Hall–Kier alpha value is -2.81. The van der Waals surface area contributed by atoms with Gasteiger partial charge in [-0.2, -0.15) is 0 Å². The summed E-state index contributed by atoms with van der Waals surface area (Å²) < 4.78 is 2.20. The number of pyridine rings is 1. The van der Waals surface area contributed by atoms with Gasteiger partial charge in [0.2, 0.25) is 0 Å². The third kappa shape index (κ3) is 4.00. The Labute approximate surface area is 203 Å². The second kappa shape index (κ2) is 9.09. The molecule has 0 radical (unpaired) electrons.